The molecule has 0 saturated heterocycles. The number of nitrogens with zero attached hydrogens (tertiary/aromatic N) is 1. The van der Waals surface area contributed by atoms with Gasteiger partial charge in [-0.2, -0.15) is 0 Å². The van der Waals surface area contributed by atoms with Crippen LogP contribution in [-0.4, -0.2) is 41.1 Å². The van der Waals surface area contributed by atoms with E-state index in [2.05, 4.69) is 4.72 Å². The third kappa shape index (κ3) is 4.21. The lowest BCUT2D eigenvalue weighted by Crippen LogP contribution is -2.30. The number of rotatable bonds is 7. The van der Waals surface area contributed by atoms with Gasteiger partial charge in [-0.25, -0.2) is 13.1 Å². The Kier molecular flexibility index (Phi) is 5.97. The molecule has 20 heavy (non-hydrogen) atoms. The lowest BCUT2D eigenvalue weighted by Gasteiger charge is -2.22. The van der Waals surface area contributed by atoms with Crippen LogP contribution in [0, 0.1) is 0 Å². The number of carbonyl (C=O) groups is 1. The van der Waals surface area contributed by atoms with Crippen molar-refractivity contribution in [2.45, 2.75) is 18.7 Å². The molecule has 0 aliphatic rings. The monoisotopic (exact) mass is 300 g/mol. The molecule has 0 aromatic heterocycles. The smallest absolute Gasteiger partial charge is 0.325 e. The zero-order chi connectivity index (χ0) is 15.2. The summed E-state index contributed by atoms with van der Waals surface area (Å²) in [4.78, 5) is 13.5. The van der Waals surface area contributed by atoms with Crippen LogP contribution in [-0.2, 0) is 19.6 Å². The average Bonchev–Trinajstić information content (AvgIpc) is 2.45. The normalized spacial score (nSPS) is 11.2. The predicted molar refractivity (Wildman–Crippen MR) is 77.2 cm³/mol. The van der Waals surface area contributed by atoms with Crippen molar-refractivity contribution in [1.29, 1.82) is 0 Å². The van der Waals surface area contributed by atoms with Crippen molar-refractivity contribution in [3.63, 3.8) is 0 Å². The Hall–Kier alpha value is -1.60. The minimum absolute atomic E-state index is 0.141. The SMILES string of the molecule is CCOC(=O)CN(CC)c1ccc(S(=O)(=O)NC)cc1. The van der Waals surface area contributed by atoms with Crippen LogP contribution in [0.1, 0.15) is 13.8 Å². The molecule has 0 fully saturated rings. The number of benzene rings is 1. The van der Waals surface area contributed by atoms with Crippen molar-refractivity contribution in [3.05, 3.63) is 24.3 Å². The molecule has 0 bridgehead atoms. The summed E-state index contributed by atoms with van der Waals surface area (Å²) in [6.45, 7) is 4.78. The van der Waals surface area contributed by atoms with Crippen LogP contribution >= 0.6 is 0 Å². The molecular formula is C13H20N2O4S. The molecule has 0 saturated carbocycles. The molecule has 0 aliphatic carbocycles. The van der Waals surface area contributed by atoms with Crippen molar-refractivity contribution in [3.8, 4) is 0 Å². The van der Waals surface area contributed by atoms with Crippen molar-refractivity contribution < 1.29 is 17.9 Å². The van der Waals surface area contributed by atoms with Crippen LogP contribution in [0.25, 0.3) is 0 Å². The summed E-state index contributed by atoms with van der Waals surface area (Å²) >= 11 is 0. The van der Waals surface area contributed by atoms with Gasteiger partial charge < -0.3 is 9.64 Å². The molecule has 1 aromatic carbocycles. The fourth-order valence-corrected chi connectivity index (χ4v) is 2.43. The Morgan fingerprint density at radius 2 is 1.85 bits per heavy atom. The molecule has 0 radical (unpaired) electrons. The molecule has 0 spiro atoms. The van der Waals surface area contributed by atoms with Gasteiger partial charge in [0.2, 0.25) is 10.0 Å². The van der Waals surface area contributed by atoms with E-state index in [0.717, 1.165) is 5.69 Å². The van der Waals surface area contributed by atoms with Gasteiger partial charge in [0.05, 0.1) is 11.5 Å². The Labute approximate surface area is 119 Å². The fourth-order valence-electron chi connectivity index (χ4n) is 1.70. The highest BCUT2D eigenvalue weighted by Gasteiger charge is 2.14. The lowest BCUT2D eigenvalue weighted by molar-refractivity contribution is -0.141. The van der Waals surface area contributed by atoms with Crippen LogP contribution in [0.4, 0.5) is 5.69 Å². The molecule has 6 nitrogen and oxygen atoms in total. The molecule has 0 aliphatic heterocycles. The fraction of sp³-hybridized carbons (Fsp3) is 0.462. The minimum Gasteiger partial charge on any atom is -0.465 e. The summed E-state index contributed by atoms with van der Waals surface area (Å²) in [7, 11) is -2.08. The number of esters is 1. The largest absolute Gasteiger partial charge is 0.465 e. The lowest BCUT2D eigenvalue weighted by atomic mass is 10.3. The number of hydrogen-bond acceptors (Lipinski definition) is 5. The first-order valence-electron chi connectivity index (χ1n) is 6.38. The van der Waals surface area contributed by atoms with E-state index >= 15 is 0 Å². The Morgan fingerprint density at radius 1 is 1.25 bits per heavy atom. The van der Waals surface area contributed by atoms with Gasteiger partial charge in [0.15, 0.2) is 0 Å². The maximum Gasteiger partial charge on any atom is 0.325 e. The van der Waals surface area contributed by atoms with E-state index in [-0.39, 0.29) is 17.4 Å². The zero-order valence-electron chi connectivity index (χ0n) is 11.9. The van der Waals surface area contributed by atoms with E-state index in [1.807, 2.05) is 11.8 Å². The highest BCUT2D eigenvalue weighted by molar-refractivity contribution is 7.89. The topological polar surface area (TPSA) is 75.7 Å². The number of ether oxygens (including phenoxy) is 1. The van der Waals surface area contributed by atoms with Gasteiger partial charge in [-0.05, 0) is 45.2 Å². The van der Waals surface area contributed by atoms with Gasteiger partial charge in [0, 0.05) is 12.2 Å². The Bertz CT molecular complexity index is 540. The second kappa shape index (κ2) is 7.25. The first-order chi connectivity index (χ1) is 9.44. The van der Waals surface area contributed by atoms with Gasteiger partial charge in [0.25, 0.3) is 0 Å². The Balaban J connectivity index is 2.88. The summed E-state index contributed by atoms with van der Waals surface area (Å²) in [5, 5.41) is 0. The summed E-state index contributed by atoms with van der Waals surface area (Å²) in [6, 6.07) is 6.36. The number of anilines is 1. The van der Waals surface area contributed by atoms with Gasteiger partial charge in [-0.1, -0.05) is 0 Å². The number of sulfonamides is 1. The summed E-state index contributed by atoms with van der Waals surface area (Å²) < 4.78 is 30.4. The van der Waals surface area contributed by atoms with Crippen LogP contribution < -0.4 is 9.62 Å². The van der Waals surface area contributed by atoms with Gasteiger partial charge in [-0.3, -0.25) is 4.79 Å². The quantitative estimate of drug-likeness (QED) is 0.760. The van der Waals surface area contributed by atoms with E-state index in [1.54, 1.807) is 19.1 Å². The standard InChI is InChI=1S/C13H20N2O4S/c1-4-15(10-13(16)19-5-2)11-6-8-12(9-7-11)20(17,18)14-3/h6-9,14H,4-5,10H2,1-3H3. The summed E-state index contributed by atoms with van der Waals surface area (Å²) in [5.74, 6) is -0.304. The average molecular weight is 300 g/mol. The van der Waals surface area contributed by atoms with E-state index < -0.39 is 10.0 Å². The second-order valence-electron chi connectivity index (χ2n) is 4.02. The Morgan fingerprint density at radius 3 is 2.30 bits per heavy atom. The maximum absolute atomic E-state index is 11.6. The molecule has 0 amide bonds. The minimum atomic E-state index is -3.44. The number of hydrogen-bond donors (Lipinski definition) is 1. The third-order valence-corrected chi connectivity index (χ3v) is 4.22. The summed E-state index contributed by atoms with van der Waals surface area (Å²) in [6.07, 6.45) is 0. The molecule has 112 valence electrons. The first-order valence-corrected chi connectivity index (χ1v) is 7.87. The maximum atomic E-state index is 11.6. The molecule has 1 N–H and O–H groups in total. The number of carbonyl (C=O) groups excluding carboxylic acids is 1. The molecule has 0 heterocycles. The van der Waals surface area contributed by atoms with Gasteiger partial charge in [0.1, 0.15) is 6.54 Å². The van der Waals surface area contributed by atoms with Crippen LogP contribution in [0.2, 0.25) is 0 Å². The second-order valence-corrected chi connectivity index (χ2v) is 5.91. The van der Waals surface area contributed by atoms with Crippen molar-refractivity contribution >= 4 is 21.7 Å². The van der Waals surface area contributed by atoms with Crippen LogP contribution in [0.5, 0.6) is 0 Å². The van der Waals surface area contributed by atoms with Crippen LogP contribution in [0.3, 0.4) is 0 Å². The van der Waals surface area contributed by atoms with Crippen molar-refractivity contribution in [2.75, 3.05) is 31.6 Å². The molecule has 7 heteroatoms. The molecule has 1 aromatic rings. The first kappa shape index (κ1) is 16.5. The van der Waals surface area contributed by atoms with Gasteiger partial charge >= 0.3 is 5.97 Å². The predicted octanol–water partition coefficient (Wildman–Crippen LogP) is 0.984. The van der Waals surface area contributed by atoms with E-state index in [0.29, 0.717) is 13.2 Å². The van der Waals surface area contributed by atoms with E-state index in [1.165, 1.54) is 19.2 Å². The van der Waals surface area contributed by atoms with Crippen LogP contribution in [0.15, 0.2) is 29.2 Å². The van der Waals surface area contributed by atoms with E-state index in [4.69, 9.17) is 4.74 Å². The zero-order valence-corrected chi connectivity index (χ0v) is 12.7. The number of nitrogens with one attached hydrogen (secondary N) is 1. The molecule has 0 unspecified atom stereocenters. The number of likely N-dealkylation sites (N-methyl/N-ethyl adjacent to an activating group) is 1. The molecule has 0 atom stereocenters. The van der Waals surface area contributed by atoms with Crippen molar-refractivity contribution in [2.24, 2.45) is 0 Å². The summed E-state index contributed by atoms with van der Waals surface area (Å²) in [5.41, 5.74) is 0.774. The molecule has 1 rings (SSSR count). The van der Waals surface area contributed by atoms with Crippen molar-refractivity contribution in [1.82, 2.24) is 4.72 Å². The highest BCUT2D eigenvalue weighted by Crippen LogP contribution is 2.17. The highest BCUT2D eigenvalue weighted by atomic mass is 32.2. The van der Waals surface area contributed by atoms with E-state index in [9.17, 15) is 13.2 Å². The van der Waals surface area contributed by atoms with Gasteiger partial charge in [-0.15, -0.1) is 0 Å². The third-order valence-electron chi connectivity index (χ3n) is 2.79. The molecular weight excluding hydrogens is 280 g/mol.